The minimum Gasteiger partial charge on any atom is -0.497 e. The van der Waals surface area contributed by atoms with Gasteiger partial charge in [-0.3, -0.25) is 4.79 Å². The van der Waals surface area contributed by atoms with Crippen molar-refractivity contribution in [3.63, 3.8) is 0 Å². The second-order valence-corrected chi connectivity index (χ2v) is 6.89. The van der Waals surface area contributed by atoms with Gasteiger partial charge in [0.1, 0.15) is 11.4 Å². The van der Waals surface area contributed by atoms with Crippen LogP contribution in [-0.2, 0) is 6.54 Å². The van der Waals surface area contributed by atoms with Crippen LogP contribution in [0.25, 0.3) is 10.8 Å². The van der Waals surface area contributed by atoms with E-state index in [1.807, 2.05) is 46.7 Å². The topological polar surface area (TPSA) is 55.6 Å². The van der Waals surface area contributed by atoms with Crippen molar-refractivity contribution in [1.29, 1.82) is 0 Å². The molecule has 1 aliphatic rings. The zero-order valence-corrected chi connectivity index (χ0v) is 14.7. The molecule has 0 saturated heterocycles. The van der Waals surface area contributed by atoms with Crippen molar-refractivity contribution in [3.8, 4) is 16.5 Å². The molecule has 3 aromatic rings. The lowest BCUT2D eigenvalue weighted by atomic mass is 10.2. The molecular weight excluding hydrogens is 336 g/mol. The average molecular weight is 354 g/mol. The lowest BCUT2D eigenvalue weighted by Crippen LogP contribution is -2.32. The second kappa shape index (κ2) is 6.72. The summed E-state index contributed by atoms with van der Waals surface area (Å²) < 4.78 is 10.6. The lowest BCUT2D eigenvalue weighted by Gasteiger charge is -2.21. The van der Waals surface area contributed by atoms with Crippen LogP contribution in [0.2, 0.25) is 0 Å². The van der Waals surface area contributed by atoms with Crippen LogP contribution < -0.4 is 4.74 Å². The molecule has 0 bridgehead atoms. The summed E-state index contributed by atoms with van der Waals surface area (Å²) in [6, 6.07) is 11.8. The van der Waals surface area contributed by atoms with Gasteiger partial charge in [0, 0.05) is 18.0 Å². The fourth-order valence-electron chi connectivity index (χ4n) is 2.71. The standard InChI is InChI=1S/C19H18N2O3S/c1-23-15-8-4-13(5-9-15)11-21(14-6-7-14)19(22)16-12-25-18(20-16)17-3-2-10-24-17/h2-5,8-10,12,14H,6-7,11H2,1H3. The Morgan fingerprint density at radius 3 is 2.76 bits per heavy atom. The first-order valence-electron chi connectivity index (χ1n) is 8.18. The fourth-order valence-corrected chi connectivity index (χ4v) is 3.47. The minimum atomic E-state index is -0.0209. The summed E-state index contributed by atoms with van der Waals surface area (Å²) in [4.78, 5) is 19.3. The molecule has 128 valence electrons. The van der Waals surface area contributed by atoms with Gasteiger partial charge < -0.3 is 14.1 Å². The molecule has 0 unspecified atom stereocenters. The van der Waals surface area contributed by atoms with Gasteiger partial charge in [0.05, 0.1) is 13.4 Å². The Labute approximate surface area is 149 Å². The van der Waals surface area contributed by atoms with Crippen molar-refractivity contribution in [2.24, 2.45) is 0 Å². The number of thiazole rings is 1. The summed E-state index contributed by atoms with van der Waals surface area (Å²) in [5.41, 5.74) is 1.57. The number of hydrogen-bond acceptors (Lipinski definition) is 5. The molecule has 0 spiro atoms. The van der Waals surface area contributed by atoms with Crippen LogP contribution in [0.4, 0.5) is 0 Å². The van der Waals surface area contributed by atoms with Crippen LogP contribution in [0, 0.1) is 0 Å². The summed E-state index contributed by atoms with van der Waals surface area (Å²) in [5, 5.41) is 2.54. The molecule has 0 radical (unpaired) electrons. The molecule has 1 aliphatic carbocycles. The number of furan rings is 1. The van der Waals surface area contributed by atoms with E-state index in [0.717, 1.165) is 29.2 Å². The number of carbonyl (C=O) groups excluding carboxylic acids is 1. The van der Waals surface area contributed by atoms with Crippen LogP contribution in [0.1, 0.15) is 28.9 Å². The number of amides is 1. The molecule has 25 heavy (non-hydrogen) atoms. The highest BCUT2D eigenvalue weighted by Gasteiger charge is 2.34. The molecule has 5 nitrogen and oxygen atoms in total. The van der Waals surface area contributed by atoms with E-state index < -0.39 is 0 Å². The molecule has 1 amide bonds. The maximum Gasteiger partial charge on any atom is 0.273 e. The summed E-state index contributed by atoms with van der Waals surface area (Å²) in [7, 11) is 1.65. The molecule has 2 heterocycles. The number of ether oxygens (including phenoxy) is 1. The molecular formula is C19H18N2O3S. The number of carbonyl (C=O) groups is 1. The van der Waals surface area contributed by atoms with Crippen molar-refractivity contribution in [3.05, 3.63) is 59.3 Å². The Balaban J connectivity index is 1.53. The molecule has 6 heteroatoms. The Morgan fingerprint density at radius 1 is 1.32 bits per heavy atom. The Bertz CT molecular complexity index is 851. The van der Waals surface area contributed by atoms with Crippen molar-refractivity contribution in [2.45, 2.75) is 25.4 Å². The zero-order chi connectivity index (χ0) is 17.2. The summed E-state index contributed by atoms with van der Waals surface area (Å²) in [5.74, 6) is 1.49. The van der Waals surface area contributed by atoms with E-state index in [9.17, 15) is 4.79 Å². The first-order chi connectivity index (χ1) is 12.2. The van der Waals surface area contributed by atoms with Gasteiger partial charge in [0.2, 0.25) is 0 Å². The zero-order valence-electron chi connectivity index (χ0n) is 13.8. The maximum absolute atomic E-state index is 13.0. The van der Waals surface area contributed by atoms with Gasteiger partial charge in [-0.1, -0.05) is 12.1 Å². The molecule has 1 saturated carbocycles. The Hall–Kier alpha value is -2.60. The predicted octanol–water partition coefficient (Wildman–Crippen LogP) is 4.22. The molecule has 0 atom stereocenters. The SMILES string of the molecule is COc1ccc(CN(C(=O)c2csc(-c3ccco3)n2)C2CC2)cc1. The predicted molar refractivity (Wildman–Crippen MR) is 95.7 cm³/mol. The molecule has 4 rings (SSSR count). The summed E-state index contributed by atoms with van der Waals surface area (Å²) in [6.07, 6.45) is 3.71. The highest BCUT2D eigenvalue weighted by Crippen LogP contribution is 2.31. The fraction of sp³-hybridized carbons (Fsp3) is 0.263. The van der Waals surface area contributed by atoms with E-state index >= 15 is 0 Å². The highest BCUT2D eigenvalue weighted by atomic mass is 32.1. The van der Waals surface area contributed by atoms with Gasteiger partial charge in [-0.2, -0.15) is 0 Å². The monoisotopic (exact) mass is 354 g/mol. The van der Waals surface area contributed by atoms with Crippen LogP contribution in [0.3, 0.4) is 0 Å². The maximum atomic E-state index is 13.0. The number of rotatable bonds is 6. The van der Waals surface area contributed by atoms with Crippen molar-refractivity contribution < 1.29 is 13.9 Å². The first-order valence-corrected chi connectivity index (χ1v) is 9.06. The molecule has 2 aromatic heterocycles. The van der Waals surface area contributed by atoms with Crippen molar-refractivity contribution in [1.82, 2.24) is 9.88 Å². The van der Waals surface area contributed by atoms with E-state index in [-0.39, 0.29) is 5.91 Å². The van der Waals surface area contributed by atoms with E-state index in [0.29, 0.717) is 24.0 Å². The number of aromatic nitrogens is 1. The average Bonchev–Trinajstić information content (AvgIpc) is 3.13. The largest absolute Gasteiger partial charge is 0.497 e. The molecule has 0 aliphatic heterocycles. The van der Waals surface area contributed by atoms with Crippen molar-refractivity contribution >= 4 is 17.2 Å². The number of methoxy groups -OCH3 is 1. The normalized spacial score (nSPS) is 13.6. The second-order valence-electron chi connectivity index (χ2n) is 6.03. The Kier molecular flexibility index (Phi) is 4.28. The van der Waals surface area contributed by atoms with Gasteiger partial charge in [-0.25, -0.2) is 4.98 Å². The highest BCUT2D eigenvalue weighted by molar-refractivity contribution is 7.13. The van der Waals surface area contributed by atoms with Crippen LogP contribution in [0.15, 0.2) is 52.5 Å². The summed E-state index contributed by atoms with van der Waals surface area (Å²) in [6.45, 7) is 0.584. The van der Waals surface area contributed by atoms with Gasteiger partial charge in [-0.15, -0.1) is 11.3 Å². The van der Waals surface area contributed by atoms with Gasteiger partial charge in [0.15, 0.2) is 10.8 Å². The number of nitrogens with zero attached hydrogens (tertiary/aromatic N) is 2. The van der Waals surface area contributed by atoms with Crippen LogP contribution in [0.5, 0.6) is 5.75 Å². The van der Waals surface area contributed by atoms with Crippen molar-refractivity contribution in [2.75, 3.05) is 7.11 Å². The van der Waals surface area contributed by atoms with Gasteiger partial charge in [-0.05, 0) is 42.7 Å². The van der Waals surface area contributed by atoms with Gasteiger partial charge in [0.25, 0.3) is 5.91 Å². The van der Waals surface area contributed by atoms with Crippen LogP contribution >= 0.6 is 11.3 Å². The quantitative estimate of drug-likeness (QED) is 0.665. The number of benzene rings is 1. The van der Waals surface area contributed by atoms with Crippen LogP contribution in [-0.4, -0.2) is 28.9 Å². The minimum absolute atomic E-state index is 0.0209. The first kappa shape index (κ1) is 15.9. The third kappa shape index (κ3) is 3.44. The smallest absolute Gasteiger partial charge is 0.273 e. The van der Waals surface area contributed by atoms with E-state index in [1.165, 1.54) is 11.3 Å². The molecule has 1 fully saturated rings. The lowest BCUT2D eigenvalue weighted by molar-refractivity contribution is 0.0725. The third-order valence-corrected chi connectivity index (χ3v) is 5.07. The van der Waals surface area contributed by atoms with E-state index in [4.69, 9.17) is 9.15 Å². The third-order valence-electron chi connectivity index (χ3n) is 4.22. The van der Waals surface area contributed by atoms with E-state index in [1.54, 1.807) is 13.4 Å². The van der Waals surface area contributed by atoms with E-state index in [2.05, 4.69) is 4.98 Å². The Morgan fingerprint density at radius 2 is 2.12 bits per heavy atom. The summed E-state index contributed by atoms with van der Waals surface area (Å²) >= 11 is 1.43. The molecule has 0 N–H and O–H groups in total. The van der Waals surface area contributed by atoms with Gasteiger partial charge >= 0.3 is 0 Å². The number of hydrogen-bond donors (Lipinski definition) is 0. The molecule has 1 aromatic carbocycles.